The number of nitrogens with zero attached hydrogens (tertiary/aromatic N) is 4. The summed E-state index contributed by atoms with van der Waals surface area (Å²) in [4.78, 5) is 31.5. The van der Waals surface area contributed by atoms with E-state index in [4.69, 9.17) is 5.73 Å². The predicted molar refractivity (Wildman–Crippen MR) is 83.6 cm³/mol. The van der Waals surface area contributed by atoms with Crippen molar-refractivity contribution in [1.29, 1.82) is 0 Å². The number of carbonyl (C=O) groups excluding carboxylic acids is 2. The highest BCUT2D eigenvalue weighted by atomic mass is 16.2. The molecule has 0 bridgehead atoms. The van der Waals surface area contributed by atoms with Gasteiger partial charge in [-0.3, -0.25) is 9.59 Å². The molecule has 0 saturated heterocycles. The topological polar surface area (TPSA) is 128 Å². The zero-order valence-corrected chi connectivity index (χ0v) is 12.9. The van der Waals surface area contributed by atoms with Crippen LogP contribution in [0.25, 0.3) is 5.82 Å². The van der Waals surface area contributed by atoms with Gasteiger partial charge in [0, 0.05) is 0 Å². The van der Waals surface area contributed by atoms with Gasteiger partial charge in [0.05, 0.1) is 24.5 Å². The molecule has 0 aliphatic carbocycles. The van der Waals surface area contributed by atoms with Crippen molar-refractivity contribution in [3.8, 4) is 5.82 Å². The van der Waals surface area contributed by atoms with Crippen LogP contribution in [0, 0.1) is 5.92 Å². The van der Waals surface area contributed by atoms with E-state index in [2.05, 4.69) is 25.7 Å². The number of nitrogens with two attached hydrogens (primary N) is 1. The van der Waals surface area contributed by atoms with Gasteiger partial charge in [0.2, 0.25) is 11.8 Å². The van der Waals surface area contributed by atoms with Crippen LogP contribution in [-0.4, -0.2) is 44.1 Å². The van der Waals surface area contributed by atoms with Crippen LogP contribution >= 0.6 is 0 Å². The molecule has 0 fully saturated rings. The number of nitrogens with one attached hydrogen (secondary N) is 2. The number of hydrogen-bond donors (Lipinski definition) is 3. The van der Waals surface area contributed by atoms with E-state index in [1.54, 1.807) is 12.1 Å². The first-order valence-electron chi connectivity index (χ1n) is 7.11. The van der Waals surface area contributed by atoms with Crippen LogP contribution in [-0.2, 0) is 9.59 Å². The quantitative estimate of drug-likeness (QED) is 0.671. The van der Waals surface area contributed by atoms with Crippen molar-refractivity contribution in [3.63, 3.8) is 0 Å². The van der Waals surface area contributed by atoms with Gasteiger partial charge in [0.1, 0.15) is 12.7 Å². The summed E-state index contributed by atoms with van der Waals surface area (Å²) in [5, 5.41) is 9.09. The highest BCUT2D eigenvalue weighted by Crippen LogP contribution is 2.08. The summed E-state index contributed by atoms with van der Waals surface area (Å²) in [5.41, 5.74) is 6.21. The molecule has 0 radical (unpaired) electrons. The van der Waals surface area contributed by atoms with Crippen molar-refractivity contribution < 1.29 is 9.59 Å². The normalized spacial score (nSPS) is 12.0. The second-order valence-electron chi connectivity index (χ2n) is 5.28. The Morgan fingerprint density at radius 1 is 1.35 bits per heavy atom. The predicted octanol–water partition coefficient (Wildman–Crippen LogP) is -0.300. The molecule has 2 rings (SSSR count). The third-order valence-corrected chi connectivity index (χ3v) is 3.13. The van der Waals surface area contributed by atoms with Crippen molar-refractivity contribution in [2.24, 2.45) is 11.7 Å². The Morgan fingerprint density at radius 2 is 2.13 bits per heavy atom. The maximum Gasteiger partial charge on any atom is 0.243 e. The zero-order chi connectivity index (χ0) is 16.8. The first kappa shape index (κ1) is 16.6. The molecule has 0 saturated carbocycles. The number of rotatable bonds is 6. The van der Waals surface area contributed by atoms with Crippen LogP contribution in [0.2, 0.25) is 0 Å². The smallest absolute Gasteiger partial charge is 0.243 e. The molecule has 0 aliphatic heterocycles. The molecule has 0 aliphatic rings. The van der Waals surface area contributed by atoms with Crippen LogP contribution in [0.1, 0.15) is 13.8 Å². The van der Waals surface area contributed by atoms with Crippen LogP contribution in [0.4, 0.5) is 5.69 Å². The lowest BCUT2D eigenvalue weighted by Gasteiger charge is -2.15. The largest absolute Gasteiger partial charge is 0.346 e. The lowest BCUT2D eigenvalue weighted by atomic mass is 10.1. The minimum absolute atomic E-state index is 0.00610. The van der Waals surface area contributed by atoms with Crippen molar-refractivity contribution in [1.82, 2.24) is 25.1 Å². The molecular weight excluding hydrogens is 298 g/mol. The van der Waals surface area contributed by atoms with E-state index in [0.29, 0.717) is 11.5 Å². The summed E-state index contributed by atoms with van der Waals surface area (Å²) in [5.74, 6) is -0.122. The highest BCUT2D eigenvalue weighted by Gasteiger charge is 2.17. The molecule has 1 atom stereocenters. The molecule has 0 aromatic carbocycles. The van der Waals surface area contributed by atoms with E-state index in [-0.39, 0.29) is 24.3 Å². The summed E-state index contributed by atoms with van der Waals surface area (Å²) >= 11 is 0. The fraction of sp³-hybridized carbons (Fsp3) is 0.357. The fourth-order valence-corrected chi connectivity index (χ4v) is 1.72. The van der Waals surface area contributed by atoms with E-state index in [0.717, 1.165) is 0 Å². The molecule has 9 nitrogen and oxygen atoms in total. The van der Waals surface area contributed by atoms with Crippen molar-refractivity contribution >= 4 is 17.5 Å². The molecule has 122 valence electrons. The summed E-state index contributed by atoms with van der Waals surface area (Å²) in [7, 11) is 0. The number of carbonyl (C=O) groups is 2. The molecule has 0 unspecified atom stereocenters. The number of aromatic nitrogens is 4. The van der Waals surface area contributed by atoms with Crippen molar-refractivity contribution in [2.45, 2.75) is 19.9 Å². The summed E-state index contributed by atoms with van der Waals surface area (Å²) in [6.45, 7) is 3.53. The van der Waals surface area contributed by atoms with Crippen LogP contribution in [0.15, 0.2) is 31.0 Å². The Balaban J connectivity index is 1.85. The molecule has 2 aromatic heterocycles. The number of anilines is 1. The highest BCUT2D eigenvalue weighted by molar-refractivity contribution is 5.95. The van der Waals surface area contributed by atoms with Crippen LogP contribution in [0.5, 0.6) is 0 Å². The maximum atomic E-state index is 11.8. The minimum Gasteiger partial charge on any atom is -0.346 e. The second kappa shape index (κ2) is 7.45. The standard InChI is InChI=1S/C14H19N7O2/c1-9(2)13(15)14(23)18-6-12(22)20-10-3-4-11(17-5-10)21-8-16-7-19-21/h3-5,7-9,13H,6,15H2,1-2H3,(H,18,23)(H,20,22)/t13-/m0/s1. The van der Waals surface area contributed by atoms with E-state index < -0.39 is 6.04 Å². The van der Waals surface area contributed by atoms with Crippen LogP contribution in [0.3, 0.4) is 0 Å². The molecule has 23 heavy (non-hydrogen) atoms. The van der Waals surface area contributed by atoms with Gasteiger partial charge >= 0.3 is 0 Å². The van der Waals surface area contributed by atoms with Gasteiger partial charge in [-0.1, -0.05) is 13.8 Å². The lowest BCUT2D eigenvalue weighted by Crippen LogP contribution is -2.46. The summed E-state index contributed by atoms with van der Waals surface area (Å²) in [6.07, 6.45) is 4.42. The molecule has 2 amide bonds. The first-order chi connectivity index (χ1) is 11.0. The second-order valence-corrected chi connectivity index (χ2v) is 5.28. The molecule has 0 spiro atoms. The van der Waals surface area contributed by atoms with Gasteiger partial charge < -0.3 is 16.4 Å². The molecule has 4 N–H and O–H groups in total. The Bertz CT molecular complexity index is 652. The molecule has 2 aromatic rings. The Labute approximate surface area is 133 Å². The van der Waals surface area contributed by atoms with E-state index >= 15 is 0 Å². The van der Waals surface area contributed by atoms with Gasteiger partial charge in [-0.25, -0.2) is 14.6 Å². The number of hydrogen-bond acceptors (Lipinski definition) is 6. The zero-order valence-electron chi connectivity index (χ0n) is 12.9. The molecule has 9 heteroatoms. The van der Waals surface area contributed by atoms with Gasteiger partial charge in [-0.05, 0) is 18.1 Å². The van der Waals surface area contributed by atoms with Gasteiger partial charge in [0.15, 0.2) is 5.82 Å². The fourth-order valence-electron chi connectivity index (χ4n) is 1.72. The Kier molecular flexibility index (Phi) is 5.36. The molecular formula is C14H19N7O2. The monoisotopic (exact) mass is 317 g/mol. The first-order valence-corrected chi connectivity index (χ1v) is 7.11. The average Bonchev–Trinajstić information content (AvgIpc) is 3.07. The number of pyridine rings is 1. The SMILES string of the molecule is CC(C)[C@H](N)C(=O)NCC(=O)Nc1ccc(-n2cncn2)nc1. The van der Waals surface area contributed by atoms with Crippen molar-refractivity contribution in [3.05, 3.63) is 31.0 Å². The lowest BCUT2D eigenvalue weighted by molar-refractivity contribution is -0.125. The van der Waals surface area contributed by atoms with Gasteiger partial charge in [-0.15, -0.1) is 0 Å². The number of amides is 2. The van der Waals surface area contributed by atoms with Gasteiger partial charge in [-0.2, -0.15) is 5.10 Å². The molecule has 2 heterocycles. The average molecular weight is 317 g/mol. The van der Waals surface area contributed by atoms with E-state index in [1.807, 2.05) is 13.8 Å². The van der Waals surface area contributed by atoms with Crippen molar-refractivity contribution in [2.75, 3.05) is 11.9 Å². The van der Waals surface area contributed by atoms with Crippen LogP contribution < -0.4 is 16.4 Å². The minimum atomic E-state index is -0.633. The van der Waals surface area contributed by atoms with E-state index in [1.165, 1.54) is 23.5 Å². The summed E-state index contributed by atoms with van der Waals surface area (Å²) < 4.78 is 1.50. The van der Waals surface area contributed by atoms with E-state index in [9.17, 15) is 9.59 Å². The summed E-state index contributed by atoms with van der Waals surface area (Å²) in [6, 6.07) is 2.74. The third kappa shape index (κ3) is 4.58. The Hall–Kier alpha value is -2.81. The Morgan fingerprint density at radius 3 is 2.70 bits per heavy atom. The van der Waals surface area contributed by atoms with Gasteiger partial charge in [0.25, 0.3) is 0 Å². The third-order valence-electron chi connectivity index (χ3n) is 3.13. The maximum absolute atomic E-state index is 11.8.